The monoisotopic (exact) mass is 464 g/mol. The number of nitrogens with one attached hydrogen (secondary N) is 1. The van der Waals surface area contributed by atoms with Crippen LogP contribution in [0, 0.1) is 13.8 Å². The van der Waals surface area contributed by atoms with Crippen molar-refractivity contribution >= 4 is 23.1 Å². The van der Waals surface area contributed by atoms with Gasteiger partial charge in [0.2, 0.25) is 5.13 Å². The molecule has 2 aromatic carbocycles. The Kier molecular flexibility index (Phi) is 6.60. The van der Waals surface area contributed by atoms with Gasteiger partial charge >= 0.3 is 0 Å². The molecule has 4 aromatic rings. The summed E-state index contributed by atoms with van der Waals surface area (Å²) in [7, 11) is 3.19. The van der Waals surface area contributed by atoms with Crippen molar-refractivity contribution in [1.82, 2.24) is 14.8 Å². The highest BCUT2D eigenvalue weighted by atomic mass is 32.1. The summed E-state index contributed by atoms with van der Waals surface area (Å²) in [5.41, 5.74) is 3.48. The van der Waals surface area contributed by atoms with Crippen LogP contribution in [0.5, 0.6) is 17.2 Å². The van der Waals surface area contributed by atoms with E-state index in [-0.39, 0.29) is 12.5 Å². The maximum atomic E-state index is 12.5. The molecule has 9 heteroatoms. The van der Waals surface area contributed by atoms with Crippen LogP contribution in [-0.2, 0) is 4.79 Å². The largest absolute Gasteiger partial charge is 0.493 e. The molecule has 0 spiro atoms. The molecular weight excluding hydrogens is 440 g/mol. The molecule has 8 nitrogen and oxygen atoms in total. The molecule has 0 fully saturated rings. The van der Waals surface area contributed by atoms with Gasteiger partial charge in [-0.3, -0.25) is 4.79 Å². The van der Waals surface area contributed by atoms with Gasteiger partial charge in [0.25, 0.3) is 5.91 Å². The molecule has 0 aliphatic heterocycles. The van der Waals surface area contributed by atoms with Crippen LogP contribution in [0.3, 0.4) is 0 Å². The Morgan fingerprint density at radius 2 is 1.88 bits per heavy atom. The van der Waals surface area contributed by atoms with E-state index < -0.39 is 0 Å². The molecule has 1 amide bonds. The van der Waals surface area contributed by atoms with E-state index in [1.165, 1.54) is 11.3 Å². The SMILES string of the molecule is COc1ccc(-c2csc(-n3nc(C)cc3NC(=O)COc3cccc(C)c3)n2)cc1OC. The van der Waals surface area contributed by atoms with Crippen molar-refractivity contribution in [3.63, 3.8) is 0 Å². The van der Waals surface area contributed by atoms with E-state index in [1.807, 2.05) is 61.7 Å². The van der Waals surface area contributed by atoms with E-state index in [2.05, 4.69) is 10.4 Å². The van der Waals surface area contributed by atoms with Crippen molar-refractivity contribution in [3.05, 3.63) is 65.2 Å². The van der Waals surface area contributed by atoms with Crippen LogP contribution in [-0.4, -0.2) is 41.5 Å². The third kappa shape index (κ3) is 5.15. The fraction of sp³-hybridized carbons (Fsp3) is 0.208. The molecule has 0 aliphatic carbocycles. The van der Waals surface area contributed by atoms with Gasteiger partial charge in [-0.1, -0.05) is 12.1 Å². The van der Waals surface area contributed by atoms with Gasteiger partial charge in [-0.15, -0.1) is 11.3 Å². The fourth-order valence-corrected chi connectivity index (χ4v) is 4.05. The number of benzene rings is 2. The molecule has 0 aliphatic rings. The normalized spacial score (nSPS) is 10.7. The summed E-state index contributed by atoms with van der Waals surface area (Å²) in [5, 5.41) is 9.92. The smallest absolute Gasteiger partial charge is 0.263 e. The lowest BCUT2D eigenvalue weighted by molar-refractivity contribution is -0.118. The Labute approximate surface area is 195 Å². The summed E-state index contributed by atoms with van der Waals surface area (Å²) in [6.45, 7) is 3.72. The van der Waals surface area contributed by atoms with Crippen molar-refractivity contribution in [1.29, 1.82) is 0 Å². The zero-order chi connectivity index (χ0) is 23.4. The van der Waals surface area contributed by atoms with Crippen LogP contribution in [0.4, 0.5) is 5.82 Å². The first-order chi connectivity index (χ1) is 16.0. The second-order valence-corrected chi connectivity index (χ2v) is 8.16. The number of aromatic nitrogens is 3. The lowest BCUT2D eigenvalue weighted by Crippen LogP contribution is -2.21. The van der Waals surface area contributed by atoms with Crippen LogP contribution in [0.25, 0.3) is 16.4 Å². The number of rotatable bonds is 8. The summed E-state index contributed by atoms with van der Waals surface area (Å²) in [4.78, 5) is 17.2. The zero-order valence-electron chi connectivity index (χ0n) is 18.8. The maximum Gasteiger partial charge on any atom is 0.263 e. The highest BCUT2D eigenvalue weighted by Gasteiger charge is 2.16. The second-order valence-electron chi connectivity index (χ2n) is 7.32. The van der Waals surface area contributed by atoms with Gasteiger partial charge < -0.3 is 19.5 Å². The van der Waals surface area contributed by atoms with Crippen molar-refractivity contribution in [2.24, 2.45) is 0 Å². The van der Waals surface area contributed by atoms with Crippen LogP contribution >= 0.6 is 11.3 Å². The molecule has 1 N–H and O–H groups in total. The van der Waals surface area contributed by atoms with Gasteiger partial charge in [0.05, 0.1) is 25.6 Å². The number of ether oxygens (including phenoxy) is 3. The molecule has 0 saturated heterocycles. The molecule has 2 heterocycles. The maximum absolute atomic E-state index is 12.5. The number of aryl methyl sites for hydroxylation is 2. The van der Waals surface area contributed by atoms with Crippen molar-refractivity contribution in [3.8, 4) is 33.6 Å². The summed E-state index contributed by atoms with van der Waals surface area (Å²) >= 11 is 1.42. The highest BCUT2D eigenvalue weighted by Crippen LogP contribution is 2.33. The number of hydrogen-bond acceptors (Lipinski definition) is 7. The Bertz CT molecular complexity index is 1280. The molecule has 2 aromatic heterocycles. The molecule has 170 valence electrons. The number of carbonyl (C=O) groups excluding carboxylic acids is 1. The lowest BCUT2D eigenvalue weighted by Gasteiger charge is -2.09. The summed E-state index contributed by atoms with van der Waals surface area (Å²) in [6, 6.07) is 15.0. The van der Waals surface area contributed by atoms with Crippen LogP contribution < -0.4 is 19.5 Å². The molecule has 0 bridgehead atoms. The molecule has 0 radical (unpaired) electrons. The Balaban J connectivity index is 1.51. The van der Waals surface area contributed by atoms with Crippen LogP contribution in [0.2, 0.25) is 0 Å². The van der Waals surface area contributed by atoms with E-state index in [0.29, 0.717) is 28.2 Å². The highest BCUT2D eigenvalue weighted by molar-refractivity contribution is 7.12. The molecule has 0 atom stereocenters. The number of hydrogen-bond donors (Lipinski definition) is 1. The summed E-state index contributed by atoms with van der Waals surface area (Å²) in [5.74, 6) is 2.17. The van der Waals surface area contributed by atoms with Crippen LogP contribution in [0.15, 0.2) is 53.9 Å². The number of thiazole rings is 1. The zero-order valence-corrected chi connectivity index (χ0v) is 19.6. The number of amides is 1. The van der Waals surface area contributed by atoms with Gasteiger partial charge in [0, 0.05) is 17.0 Å². The molecule has 0 saturated carbocycles. The summed E-state index contributed by atoms with van der Waals surface area (Å²) < 4.78 is 17.9. The minimum absolute atomic E-state index is 0.109. The molecule has 33 heavy (non-hydrogen) atoms. The van der Waals surface area contributed by atoms with Gasteiger partial charge in [0.15, 0.2) is 18.1 Å². The quantitative estimate of drug-likeness (QED) is 0.409. The van der Waals surface area contributed by atoms with Crippen LogP contribution in [0.1, 0.15) is 11.3 Å². The number of carbonyl (C=O) groups is 1. The van der Waals surface area contributed by atoms with Gasteiger partial charge in [-0.25, -0.2) is 4.98 Å². The second kappa shape index (κ2) is 9.74. The minimum Gasteiger partial charge on any atom is -0.493 e. The molecular formula is C24H24N4O4S. The lowest BCUT2D eigenvalue weighted by atomic mass is 10.1. The number of methoxy groups -OCH3 is 2. The van der Waals surface area contributed by atoms with Gasteiger partial charge in [0.1, 0.15) is 11.6 Å². The Morgan fingerprint density at radius 1 is 1.06 bits per heavy atom. The molecule has 4 rings (SSSR count). The topological polar surface area (TPSA) is 87.5 Å². The van der Waals surface area contributed by atoms with Crippen molar-refractivity contribution < 1.29 is 19.0 Å². The minimum atomic E-state index is -0.283. The predicted molar refractivity (Wildman–Crippen MR) is 128 cm³/mol. The third-order valence-electron chi connectivity index (χ3n) is 4.81. The fourth-order valence-electron chi connectivity index (χ4n) is 3.26. The van der Waals surface area contributed by atoms with E-state index in [1.54, 1.807) is 25.0 Å². The average molecular weight is 465 g/mol. The first-order valence-corrected chi connectivity index (χ1v) is 11.1. The Hall–Kier alpha value is -3.85. The summed E-state index contributed by atoms with van der Waals surface area (Å²) in [6.07, 6.45) is 0. The third-order valence-corrected chi connectivity index (χ3v) is 5.63. The van der Waals surface area contributed by atoms with E-state index in [9.17, 15) is 4.79 Å². The predicted octanol–water partition coefficient (Wildman–Crippen LogP) is 4.65. The van der Waals surface area contributed by atoms with E-state index in [4.69, 9.17) is 19.2 Å². The average Bonchev–Trinajstić information content (AvgIpc) is 3.44. The van der Waals surface area contributed by atoms with E-state index in [0.717, 1.165) is 22.5 Å². The first-order valence-electron chi connectivity index (χ1n) is 10.2. The standard InChI is InChI=1S/C24H24N4O4S/c1-15-6-5-7-18(10-15)32-13-23(29)26-22-11-16(2)27-28(22)24-25-19(14-33-24)17-8-9-20(30-3)21(12-17)31-4/h5-12,14H,13H2,1-4H3,(H,26,29). The van der Waals surface area contributed by atoms with E-state index >= 15 is 0 Å². The van der Waals surface area contributed by atoms with Crippen molar-refractivity contribution in [2.45, 2.75) is 13.8 Å². The van der Waals surface area contributed by atoms with Gasteiger partial charge in [-0.05, 0) is 49.7 Å². The Morgan fingerprint density at radius 3 is 2.64 bits per heavy atom. The number of anilines is 1. The molecule has 0 unspecified atom stereocenters. The number of nitrogens with zero attached hydrogens (tertiary/aromatic N) is 3. The first kappa shape index (κ1) is 22.3. The van der Waals surface area contributed by atoms with Gasteiger partial charge in [-0.2, -0.15) is 9.78 Å². The van der Waals surface area contributed by atoms with Crippen molar-refractivity contribution in [2.75, 3.05) is 26.1 Å².